The number of methoxy groups -OCH3 is 1. The number of aromatic nitrogens is 1. The molecule has 8 nitrogen and oxygen atoms in total. The van der Waals surface area contributed by atoms with E-state index < -0.39 is 0 Å². The minimum atomic E-state index is -0.375. The number of ether oxygens (including phenoxy) is 1. The van der Waals surface area contributed by atoms with Crippen molar-refractivity contribution in [2.45, 2.75) is 32.9 Å². The van der Waals surface area contributed by atoms with Gasteiger partial charge >= 0.3 is 51.4 Å². The summed E-state index contributed by atoms with van der Waals surface area (Å²) in [7, 11) is 1.59. The Morgan fingerprint density at radius 2 is 1.92 bits per heavy atom. The second kappa shape index (κ2) is 12.3. The SMILES string of the molecule is COc1cc2c(cc1[N-]c1cccc(C(=N)N(N)C(C)C)n1)CN(C(=O)c1ccc(F)cc1)CC2.[K+]. The van der Waals surface area contributed by atoms with E-state index >= 15 is 0 Å². The summed E-state index contributed by atoms with van der Waals surface area (Å²) in [6.45, 7) is 4.75. The molecular weight excluding hydrogens is 486 g/mol. The molecule has 1 aliphatic heterocycles. The number of fused-ring (bicyclic) bond motifs is 1. The van der Waals surface area contributed by atoms with Crippen molar-refractivity contribution >= 4 is 23.2 Å². The zero-order chi connectivity index (χ0) is 25.1. The summed E-state index contributed by atoms with van der Waals surface area (Å²) in [4.78, 5) is 19.2. The number of pyridine rings is 1. The van der Waals surface area contributed by atoms with Crippen LogP contribution in [0.1, 0.15) is 41.0 Å². The summed E-state index contributed by atoms with van der Waals surface area (Å²) in [5.41, 5.74) is 3.49. The molecule has 2 aromatic carbocycles. The van der Waals surface area contributed by atoms with Crippen molar-refractivity contribution in [1.29, 1.82) is 5.41 Å². The van der Waals surface area contributed by atoms with Crippen LogP contribution >= 0.6 is 0 Å². The van der Waals surface area contributed by atoms with Gasteiger partial charge in [0, 0.05) is 36.1 Å². The van der Waals surface area contributed by atoms with Gasteiger partial charge in [0.1, 0.15) is 17.4 Å². The van der Waals surface area contributed by atoms with E-state index in [1.54, 1.807) is 30.2 Å². The fraction of sp³-hybridized carbons (Fsp3) is 0.269. The molecule has 0 bridgehead atoms. The Kier molecular flexibility index (Phi) is 9.62. The van der Waals surface area contributed by atoms with Crippen LogP contribution in [0, 0.1) is 11.2 Å². The van der Waals surface area contributed by atoms with E-state index in [0.29, 0.717) is 48.0 Å². The van der Waals surface area contributed by atoms with Crippen LogP contribution in [-0.2, 0) is 13.0 Å². The van der Waals surface area contributed by atoms with Crippen LogP contribution < -0.4 is 62.0 Å². The quantitative estimate of drug-likeness (QED) is 0.171. The molecule has 0 saturated heterocycles. The van der Waals surface area contributed by atoms with Gasteiger partial charge in [0.25, 0.3) is 5.91 Å². The van der Waals surface area contributed by atoms with Gasteiger partial charge in [-0.05, 0) is 61.7 Å². The molecule has 3 aromatic rings. The van der Waals surface area contributed by atoms with Gasteiger partial charge in [-0.25, -0.2) is 10.2 Å². The van der Waals surface area contributed by atoms with Crippen molar-refractivity contribution in [3.63, 3.8) is 0 Å². The maximum absolute atomic E-state index is 13.3. The number of rotatable bonds is 6. The molecule has 2 heterocycles. The van der Waals surface area contributed by atoms with Crippen LogP contribution in [0.25, 0.3) is 5.32 Å². The van der Waals surface area contributed by atoms with Crippen molar-refractivity contribution < 1.29 is 65.3 Å². The molecule has 0 spiro atoms. The zero-order valence-corrected chi connectivity index (χ0v) is 24.1. The van der Waals surface area contributed by atoms with Crippen LogP contribution in [-0.4, -0.2) is 46.3 Å². The standard InChI is InChI=1S/C26H28FN6O2.K/c1-16(2)33(29)25(28)21-5-4-6-24(30-21)31-22-13-19-15-32(12-11-18(19)14-23(22)35-3)26(34)17-7-9-20(27)10-8-17;/h4-10,13-14,16,28H,11-12,15,29H2,1-3H3;/q-1;+1. The third kappa shape index (κ3) is 6.31. The number of carbonyl (C=O) groups is 1. The van der Waals surface area contributed by atoms with E-state index in [1.165, 1.54) is 29.3 Å². The van der Waals surface area contributed by atoms with Crippen molar-refractivity contribution in [2.75, 3.05) is 13.7 Å². The first-order chi connectivity index (χ1) is 16.8. The molecule has 0 aliphatic carbocycles. The molecule has 0 atom stereocenters. The van der Waals surface area contributed by atoms with Crippen LogP contribution in [0.3, 0.4) is 0 Å². The van der Waals surface area contributed by atoms with Crippen LogP contribution in [0.4, 0.5) is 15.9 Å². The Labute approximate surface area is 252 Å². The number of nitrogens with two attached hydrogens (primary N) is 1. The van der Waals surface area contributed by atoms with Gasteiger partial charge in [-0.3, -0.25) is 15.2 Å². The summed E-state index contributed by atoms with van der Waals surface area (Å²) in [6, 6.07) is 14.6. The molecule has 1 aromatic heterocycles. The number of nitrogens with zero attached hydrogens (tertiary/aromatic N) is 4. The number of hydrogen-bond donors (Lipinski definition) is 2. The second-order valence-electron chi connectivity index (χ2n) is 8.62. The first-order valence-corrected chi connectivity index (χ1v) is 11.3. The minimum Gasteiger partial charge on any atom is -0.497 e. The molecule has 36 heavy (non-hydrogen) atoms. The van der Waals surface area contributed by atoms with Gasteiger partial charge < -0.3 is 19.9 Å². The Morgan fingerprint density at radius 1 is 1.19 bits per heavy atom. The molecule has 1 amide bonds. The van der Waals surface area contributed by atoms with E-state index in [9.17, 15) is 9.18 Å². The molecule has 0 radical (unpaired) electrons. The third-order valence-electron chi connectivity index (χ3n) is 5.92. The predicted octanol–water partition coefficient (Wildman–Crippen LogP) is 1.68. The van der Waals surface area contributed by atoms with E-state index in [-0.39, 0.29) is 75.0 Å². The number of amidine groups is 1. The van der Waals surface area contributed by atoms with Gasteiger partial charge in [-0.1, -0.05) is 30.1 Å². The van der Waals surface area contributed by atoms with Crippen LogP contribution in [0.2, 0.25) is 0 Å². The van der Waals surface area contributed by atoms with Crippen molar-refractivity contribution in [1.82, 2.24) is 14.9 Å². The topological polar surface area (TPSA) is 110 Å². The Bertz CT molecular complexity index is 1250. The number of hydrogen-bond acceptors (Lipinski definition) is 5. The summed E-state index contributed by atoms with van der Waals surface area (Å²) >= 11 is 0. The predicted molar refractivity (Wildman–Crippen MR) is 133 cm³/mol. The minimum absolute atomic E-state index is 0. The number of carbonyl (C=O) groups excluding carboxylic acids is 1. The summed E-state index contributed by atoms with van der Waals surface area (Å²) in [5.74, 6) is 6.57. The fourth-order valence-electron chi connectivity index (χ4n) is 3.90. The average Bonchev–Trinajstić information content (AvgIpc) is 2.87. The van der Waals surface area contributed by atoms with E-state index in [0.717, 1.165) is 11.1 Å². The van der Waals surface area contributed by atoms with Crippen molar-refractivity contribution in [3.05, 3.63) is 88.1 Å². The van der Waals surface area contributed by atoms with Gasteiger partial charge in [0.05, 0.1) is 7.11 Å². The normalized spacial score (nSPS) is 12.4. The number of halogens is 1. The summed E-state index contributed by atoms with van der Waals surface area (Å²) < 4.78 is 18.8. The Morgan fingerprint density at radius 3 is 2.58 bits per heavy atom. The molecule has 4 rings (SSSR count). The number of amides is 1. The smallest absolute Gasteiger partial charge is 0.497 e. The maximum Gasteiger partial charge on any atom is 1.00 e. The largest absolute Gasteiger partial charge is 1.00 e. The van der Waals surface area contributed by atoms with E-state index in [2.05, 4.69) is 10.3 Å². The van der Waals surface area contributed by atoms with E-state index in [4.69, 9.17) is 16.0 Å². The van der Waals surface area contributed by atoms with Crippen molar-refractivity contribution in [2.24, 2.45) is 5.84 Å². The van der Waals surface area contributed by atoms with Crippen LogP contribution in [0.5, 0.6) is 5.75 Å². The fourth-order valence-corrected chi connectivity index (χ4v) is 3.90. The van der Waals surface area contributed by atoms with Gasteiger partial charge in [-0.2, -0.15) is 0 Å². The first-order valence-electron chi connectivity index (χ1n) is 11.3. The molecule has 0 fully saturated rings. The van der Waals surface area contributed by atoms with Gasteiger partial charge in [0.15, 0.2) is 0 Å². The third-order valence-corrected chi connectivity index (χ3v) is 5.92. The van der Waals surface area contributed by atoms with Gasteiger partial charge in [-0.15, -0.1) is 0 Å². The summed E-state index contributed by atoms with van der Waals surface area (Å²) in [5, 5.41) is 14.3. The maximum atomic E-state index is 13.3. The molecule has 3 N–H and O–H groups in total. The zero-order valence-electron chi connectivity index (χ0n) is 21.0. The van der Waals surface area contributed by atoms with E-state index in [1.807, 2.05) is 26.0 Å². The number of hydrazine groups is 1. The molecule has 0 saturated carbocycles. The van der Waals surface area contributed by atoms with Crippen molar-refractivity contribution in [3.8, 4) is 5.75 Å². The van der Waals surface area contributed by atoms with Gasteiger partial charge in [0.2, 0.25) is 0 Å². The average molecular weight is 515 g/mol. The molecule has 10 heteroatoms. The summed E-state index contributed by atoms with van der Waals surface area (Å²) in [6.07, 6.45) is 0.672. The molecular formula is C26H28FKN6O2. The molecule has 182 valence electrons. The number of benzene rings is 2. The second-order valence-corrected chi connectivity index (χ2v) is 8.62. The monoisotopic (exact) mass is 514 g/mol. The molecule has 1 aliphatic rings. The number of nitrogens with one attached hydrogen (secondary N) is 1. The first kappa shape index (κ1) is 28.2. The Balaban J connectivity index is 0.00000361. The van der Waals surface area contributed by atoms with Crippen LogP contribution in [0.15, 0.2) is 54.6 Å². The Hall–Kier alpha value is -2.34. The molecule has 0 unspecified atom stereocenters.